The van der Waals surface area contributed by atoms with Crippen molar-refractivity contribution in [3.63, 3.8) is 0 Å². The maximum Gasteiger partial charge on any atom is 0.306 e. The van der Waals surface area contributed by atoms with E-state index < -0.39 is 36.3 Å². The lowest BCUT2D eigenvalue weighted by molar-refractivity contribution is -0.112. The van der Waals surface area contributed by atoms with Crippen molar-refractivity contribution >= 4 is 48.6 Å². The number of hydrogen-bond acceptors (Lipinski definition) is 10. The molecule has 1 heterocycles. The number of rotatable bonds is 7. The first-order valence-corrected chi connectivity index (χ1v) is 12.1. The lowest BCUT2D eigenvalue weighted by Gasteiger charge is -2.03. The molecule has 0 radical (unpaired) electrons. The van der Waals surface area contributed by atoms with Crippen molar-refractivity contribution in [1.82, 2.24) is 9.36 Å². The number of nitrogens with one attached hydrogen (secondary N) is 1. The Balaban J connectivity index is 2.17. The van der Waals surface area contributed by atoms with Crippen LogP contribution >= 0.6 is 11.5 Å². The molecular formula is C16H16N4O6S3. The molecule has 10 nitrogen and oxygen atoms in total. The molecule has 0 spiro atoms. The maximum atomic E-state index is 12.3. The number of nitriles is 1. The summed E-state index contributed by atoms with van der Waals surface area (Å²) in [6.45, 7) is 2.97. The van der Waals surface area contributed by atoms with Crippen molar-refractivity contribution in [2.24, 2.45) is 0 Å². The molecule has 0 unspecified atom stereocenters. The number of anilines is 1. The molecule has 0 bridgehead atoms. The van der Waals surface area contributed by atoms with Crippen LogP contribution in [0.25, 0.3) is 6.08 Å². The van der Waals surface area contributed by atoms with E-state index in [0.717, 1.165) is 6.26 Å². The SMILES string of the molecule is CC(C)S(=O)(=O)c1nsc(NC(=O)C(C#N)=Cc2ccc(OS(C)(=O)=O)cc2)n1. The Hall–Kier alpha value is -2.82. The molecule has 0 atom stereocenters. The largest absolute Gasteiger partial charge is 0.383 e. The minimum absolute atomic E-state index is 0.0627. The fraction of sp³-hybridized carbons (Fsp3) is 0.250. The standard InChI is InChI=1S/C16H16N4O6S3/c1-10(2)29(24,25)16-19-15(27-20-16)18-14(21)12(9-17)8-11-4-6-13(7-5-11)26-28(3,22)23/h4-8,10H,1-3H3,(H,18,19,20,21). The van der Waals surface area contributed by atoms with E-state index in [1.165, 1.54) is 44.2 Å². The van der Waals surface area contributed by atoms with Gasteiger partial charge in [-0.05, 0) is 37.6 Å². The first-order chi connectivity index (χ1) is 13.4. The molecule has 13 heteroatoms. The second kappa shape index (κ2) is 8.68. The summed E-state index contributed by atoms with van der Waals surface area (Å²) in [4.78, 5) is 16.1. The van der Waals surface area contributed by atoms with Gasteiger partial charge in [-0.25, -0.2) is 8.42 Å². The summed E-state index contributed by atoms with van der Waals surface area (Å²) >= 11 is 0.681. The summed E-state index contributed by atoms with van der Waals surface area (Å²) in [7, 11) is -7.35. The summed E-state index contributed by atoms with van der Waals surface area (Å²) in [6.07, 6.45) is 2.18. The predicted octanol–water partition coefficient (Wildman–Crippen LogP) is 1.60. The molecule has 0 saturated heterocycles. The summed E-state index contributed by atoms with van der Waals surface area (Å²) in [5, 5.41) is 10.4. The zero-order valence-corrected chi connectivity index (χ0v) is 17.9. The van der Waals surface area contributed by atoms with Gasteiger partial charge in [0.2, 0.25) is 15.0 Å². The molecule has 29 heavy (non-hydrogen) atoms. The lowest BCUT2D eigenvalue weighted by atomic mass is 10.1. The second-order valence-electron chi connectivity index (χ2n) is 5.96. The quantitative estimate of drug-likeness (QED) is 0.371. The number of nitrogens with zero attached hydrogens (tertiary/aromatic N) is 3. The maximum absolute atomic E-state index is 12.3. The average molecular weight is 457 g/mol. The van der Waals surface area contributed by atoms with Crippen molar-refractivity contribution in [1.29, 1.82) is 5.26 Å². The average Bonchev–Trinajstić information content (AvgIpc) is 3.08. The van der Waals surface area contributed by atoms with Gasteiger partial charge in [0.1, 0.15) is 17.4 Å². The Bertz CT molecular complexity index is 1190. The molecule has 2 rings (SSSR count). The molecule has 0 aliphatic rings. The van der Waals surface area contributed by atoms with Crippen molar-refractivity contribution < 1.29 is 25.8 Å². The number of aromatic nitrogens is 2. The first kappa shape index (κ1) is 22.5. The van der Waals surface area contributed by atoms with Crippen molar-refractivity contribution in [2.45, 2.75) is 24.3 Å². The van der Waals surface area contributed by atoms with Crippen LogP contribution in [0.1, 0.15) is 19.4 Å². The molecule has 1 N–H and O–H groups in total. The third kappa shape index (κ3) is 6.08. The second-order valence-corrected chi connectivity index (χ2v) is 10.7. The van der Waals surface area contributed by atoms with E-state index in [1.807, 2.05) is 0 Å². The minimum atomic E-state index is -3.68. The topological polar surface area (TPSA) is 156 Å². The molecule has 2 aromatic rings. The number of amides is 1. The molecule has 1 amide bonds. The van der Waals surface area contributed by atoms with Gasteiger partial charge in [0.05, 0.1) is 11.5 Å². The molecule has 0 fully saturated rings. The van der Waals surface area contributed by atoms with Gasteiger partial charge in [-0.15, -0.1) is 0 Å². The molecule has 1 aromatic carbocycles. The predicted molar refractivity (Wildman–Crippen MR) is 106 cm³/mol. The normalized spacial score (nSPS) is 12.4. The smallest absolute Gasteiger partial charge is 0.306 e. The Labute approximate surface area is 172 Å². The van der Waals surface area contributed by atoms with Crippen molar-refractivity contribution in [2.75, 3.05) is 11.6 Å². The number of benzene rings is 1. The minimum Gasteiger partial charge on any atom is -0.383 e. The van der Waals surface area contributed by atoms with Crippen LogP contribution in [-0.2, 0) is 24.7 Å². The van der Waals surface area contributed by atoms with E-state index in [0.29, 0.717) is 17.1 Å². The van der Waals surface area contributed by atoms with E-state index in [4.69, 9.17) is 4.18 Å². The number of sulfone groups is 1. The zero-order valence-electron chi connectivity index (χ0n) is 15.5. The number of hydrogen-bond donors (Lipinski definition) is 1. The molecule has 1 aromatic heterocycles. The van der Waals surface area contributed by atoms with E-state index in [2.05, 4.69) is 14.7 Å². The Morgan fingerprint density at radius 1 is 1.24 bits per heavy atom. The van der Waals surface area contributed by atoms with Crippen LogP contribution in [0.2, 0.25) is 0 Å². The van der Waals surface area contributed by atoms with E-state index in [-0.39, 0.29) is 16.5 Å². The third-order valence-electron chi connectivity index (χ3n) is 3.31. The Kier molecular flexibility index (Phi) is 6.73. The molecule has 0 saturated carbocycles. The zero-order chi connectivity index (χ0) is 21.8. The summed E-state index contributed by atoms with van der Waals surface area (Å²) in [5.41, 5.74) is 0.170. The molecular weight excluding hydrogens is 440 g/mol. The Morgan fingerprint density at radius 3 is 2.38 bits per heavy atom. The van der Waals surface area contributed by atoms with Crippen LogP contribution in [0, 0.1) is 11.3 Å². The summed E-state index contributed by atoms with van der Waals surface area (Å²) in [6, 6.07) is 7.40. The van der Waals surface area contributed by atoms with E-state index in [9.17, 15) is 26.9 Å². The third-order valence-corrected chi connectivity index (χ3v) is 6.48. The monoisotopic (exact) mass is 456 g/mol. The highest BCUT2D eigenvalue weighted by Gasteiger charge is 2.25. The fourth-order valence-corrected chi connectivity index (χ4v) is 4.02. The van der Waals surface area contributed by atoms with Gasteiger partial charge in [-0.2, -0.15) is 23.0 Å². The van der Waals surface area contributed by atoms with Gasteiger partial charge >= 0.3 is 10.1 Å². The van der Waals surface area contributed by atoms with Crippen LogP contribution in [0.15, 0.2) is 35.0 Å². The molecule has 0 aliphatic heterocycles. The molecule has 154 valence electrons. The highest BCUT2D eigenvalue weighted by Crippen LogP contribution is 2.20. The fourth-order valence-electron chi connectivity index (χ4n) is 1.86. The highest BCUT2D eigenvalue weighted by molar-refractivity contribution is 7.91. The first-order valence-electron chi connectivity index (χ1n) is 7.92. The summed E-state index contributed by atoms with van der Waals surface area (Å²) in [5.74, 6) is -0.714. The van der Waals surface area contributed by atoms with Gasteiger partial charge in [-0.3, -0.25) is 10.1 Å². The van der Waals surface area contributed by atoms with Gasteiger partial charge in [0.25, 0.3) is 11.1 Å². The van der Waals surface area contributed by atoms with Crippen molar-refractivity contribution in [3.8, 4) is 11.8 Å². The van der Waals surface area contributed by atoms with Gasteiger partial charge < -0.3 is 4.18 Å². The van der Waals surface area contributed by atoms with Crippen LogP contribution < -0.4 is 9.50 Å². The van der Waals surface area contributed by atoms with Gasteiger partial charge in [-0.1, -0.05) is 12.1 Å². The lowest BCUT2D eigenvalue weighted by Crippen LogP contribution is -2.16. The van der Waals surface area contributed by atoms with Crippen LogP contribution in [-0.4, -0.2) is 43.6 Å². The van der Waals surface area contributed by atoms with E-state index in [1.54, 1.807) is 6.07 Å². The van der Waals surface area contributed by atoms with Gasteiger partial charge in [0, 0.05) is 11.5 Å². The number of carbonyl (C=O) groups is 1. The van der Waals surface area contributed by atoms with Crippen LogP contribution in [0.3, 0.4) is 0 Å². The van der Waals surface area contributed by atoms with Gasteiger partial charge in [0.15, 0.2) is 0 Å². The Morgan fingerprint density at radius 2 is 1.86 bits per heavy atom. The van der Waals surface area contributed by atoms with Crippen LogP contribution in [0.4, 0.5) is 5.13 Å². The highest BCUT2D eigenvalue weighted by atomic mass is 32.2. The van der Waals surface area contributed by atoms with Crippen LogP contribution in [0.5, 0.6) is 5.75 Å². The molecule has 0 aliphatic carbocycles. The van der Waals surface area contributed by atoms with Crippen molar-refractivity contribution in [3.05, 3.63) is 35.4 Å². The summed E-state index contributed by atoms with van der Waals surface area (Å²) < 4.78 is 54.7. The number of carbonyl (C=O) groups excluding carboxylic acids is 1. The van der Waals surface area contributed by atoms with E-state index >= 15 is 0 Å².